The summed E-state index contributed by atoms with van der Waals surface area (Å²) in [6.45, 7) is 12.5. The van der Waals surface area contributed by atoms with Crippen LogP contribution in [0.4, 0.5) is 17.2 Å². The predicted octanol–water partition coefficient (Wildman–Crippen LogP) is 2.00. The Morgan fingerprint density at radius 2 is 1.39 bits per heavy atom. The summed E-state index contributed by atoms with van der Waals surface area (Å²) in [4.78, 5) is 79.7. The molecule has 3 aliphatic rings. The number of nitrogen functional groups attached to an aromatic ring is 1. The lowest BCUT2D eigenvalue weighted by Crippen LogP contribution is -2.38. The van der Waals surface area contributed by atoms with Gasteiger partial charge in [-0.05, 0) is 88.4 Å². The van der Waals surface area contributed by atoms with Crippen molar-refractivity contribution in [1.29, 1.82) is 0 Å². The van der Waals surface area contributed by atoms with Gasteiger partial charge in [-0.2, -0.15) is 9.56 Å². The molecule has 34 heteroatoms. The van der Waals surface area contributed by atoms with E-state index in [0.29, 0.717) is 89.3 Å². The van der Waals surface area contributed by atoms with Crippen LogP contribution in [0.1, 0.15) is 96.1 Å². The number of aryl methyl sites for hydroxylation is 1. The summed E-state index contributed by atoms with van der Waals surface area (Å²) in [6.07, 6.45) is 2.75. The largest absolute Gasteiger partial charge is 0.744 e. The molecule has 2 aromatic carbocycles. The number of nitrogens with one attached hydrogen (secondary N) is 2. The van der Waals surface area contributed by atoms with Crippen molar-refractivity contribution in [2.75, 3.05) is 96.3 Å². The monoisotopic (exact) mass is 1320 g/mol. The number of phosphoric acid groups is 2. The van der Waals surface area contributed by atoms with E-state index in [9.17, 15) is 64.3 Å². The van der Waals surface area contributed by atoms with E-state index in [1.54, 1.807) is 12.1 Å². The second-order valence-electron chi connectivity index (χ2n) is 21.8. The van der Waals surface area contributed by atoms with Gasteiger partial charge in [0.15, 0.2) is 11.9 Å². The number of hydrogen-bond donors (Lipinski definition) is 8. The maximum absolute atomic E-state index is 12.7. The van der Waals surface area contributed by atoms with Crippen molar-refractivity contribution in [2.24, 2.45) is 0 Å². The SMILES string of the molecule is CCN1/C(=C/C=C/C2=[N+](CCCCCC(=O)NCCOCCOCCOCCOCCC(=O)NCCCc3cn([C@@H]4O[C@H](COP(=O)(O)O)[C@H](OP(=O)(O)O)C4O)c(=O)nc3N)c3ccc(S(=O)(=O)[O-])cc3C2(C)C)C(C)(C)c2cc(S(=O)(=O)[O-])ccc21. The van der Waals surface area contributed by atoms with Gasteiger partial charge >= 0.3 is 21.3 Å². The summed E-state index contributed by atoms with van der Waals surface area (Å²) >= 11 is 0. The van der Waals surface area contributed by atoms with Gasteiger partial charge < -0.3 is 78.7 Å². The second-order valence-corrected chi connectivity index (χ2v) is 27.0. The highest BCUT2D eigenvalue weighted by molar-refractivity contribution is 7.86. The summed E-state index contributed by atoms with van der Waals surface area (Å²) in [5.74, 6) is -0.593. The molecule has 9 N–H and O–H groups in total. The highest BCUT2D eigenvalue weighted by Crippen LogP contribution is 2.49. The van der Waals surface area contributed by atoms with Gasteiger partial charge in [-0.25, -0.2) is 30.8 Å². The number of nitrogens with two attached hydrogens (primary N) is 1. The third-order valence-electron chi connectivity index (χ3n) is 14.8. The third kappa shape index (κ3) is 19.9. The number of ether oxygens (including phenoxy) is 5. The molecule has 0 aliphatic carbocycles. The summed E-state index contributed by atoms with van der Waals surface area (Å²) in [7, 11) is -19.7. The van der Waals surface area contributed by atoms with Crippen LogP contribution in [0.2, 0.25) is 0 Å². The number of likely N-dealkylation sites (N-methyl/N-ethyl adjacent to an activating group) is 1. The molecule has 1 aromatic heterocycles. The second kappa shape index (κ2) is 31.2. The Labute approximate surface area is 510 Å². The van der Waals surface area contributed by atoms with Gasteiger partial charge in [0, 0.05) is 85.2 Å². The molecule has 490 valence electrons. The van der Waals surface area contributed by atoms with E-state index in [0.717, 1.165) is 27.4 Å². The lowest BCUT2D eigenvalue weighted by Gasteiger charge is -2.25. The standard InChI is InChI=1S/C54H79N7O23P2S2/c1-6-59-41-18-16-37(87(72,73)74)32-39(41)53(2,3)44(59)13-10-14-45-54(4,5)40-33-38(88(75,76)77)17-19-42(40)60(45)23-9-7-8-15-46(62)57-22-25-79-27-29-81-31-30-80-28-26-78-24-20-47(63)56-21-11-12-36-34-61(52(65)58-50(36)55)51-48(64)49(84-86(69,70)71)43(83-51)35-82-85(66,67)68/h10,13-14,16-19,32-34,43,48-49,51,64H,6-9,11-12,15,20-31,35H2,1-5H3,(H9-,55,56,57,58,62,63,65,66,67,68,69,70,71,72,73,74,75,76,77)/p-1/t43-,48?,49+,51-/m1/s1. The normalized spacial score (nSPS) is 19.7. The Kier molecular flexibility index (Phi) is 25.5. The van der Waals surface area contributed by atoms with Crippen LogP contribution < -0.4 is 27.0 Å². The Hall–Kier alpha value is -5.19. The number of unbranched alkanes of at least 4 members (excludes halogenated alkanes) is 2. The van der Waals surface area contributed by atoms with Crippen LogP contribution in [0.15, 0.2) is 81.1 Å². The first-order chi connectivity index (χ1) is 41.2. The summed E-state index contributed by atoms with van der Waals surface area (Å²) in [6, 6.07) is 8.80. The van der Waals surface area contributed by atoms with Crippen molar-refractivity contribution < 1.29 is 107 Å². The summed E-state index contributed by atoms with van der Waals surface area (Å²) < 4.78 is 134. The molecule has 0 radical (unpaired) electrons. The topological polar surface area (TPSA) is 440 Å². The molecule has 6 rings (SSSR count). The highest BCUT2D eigenvalue weighted by Gasteiger charge is 2.50. The average Bonchev–Trinajstić information content (AvgIpc) is 1.61. The number of hydrogen-bond acceptors (Lipinski definition) is 22. The number of anilines is 2. The molecule has 0 spiro atoms. The zero-order chi connectivity index (χ0) is 64.8. The first-order valence-electron chi connectivity index (χ1n) is 28.3. The first kappa shape index (κ1) is 71.9. The van der Waals surface area contributed by atoms with Crippen LogP contribution in [0.3, 0.4) is 0 Å². The van der Waals surface area contributed by atoms with Crippen molar-refractivity contribution in [1.82, 2.24) is 20.2 Å². The molecule has 1 unspecified atom stereocenters. The predicted molar refractivity (Wildman–Crippen MR) is 313 cm³/mol. The Balaban J connectivity index is 0.812. The van der Waals surface area contributed by atoms with Crippen LogP contribution in [0, 0.1) is 0 Å². The van der Waals surface area contributed by atoms with E-state index in [2.05, 4.69) is 34.1 Å². The molecule has 30 nitrogen and oxygen atoms in total. The van der Waals surface area contributed by atoms with Gasteiger partial charge in [-0.1, -0.05) is 19.9 Å². The van der Waals surface area contributed by atoms with Crippen LogP contribution in [-0.4, -0.2) is 186 Å². The lowest BCUT2D eigenvalue weighted by molar-refractivity contribution is -0.438. The van der Waals surface area contributed by atoms with Gasteiger partial charge in [0.05, 0.1) is 74.7 Å². The number of amides is 2. The van der Waals surface area contributed by atoms with Crippen LogP contribution in [-0.2, 0) is 88.9 Å². The van der Waals surface area contributed by atoms with Gasteiger partial charge in [0.1, 0.15) is 50.9 Å². The van der Waals surface area contributed by atoms with Crippen molar-refractivity contribution in [3.05, 3.63) is 93.7 Å². The molecule has 3 aliphatic heterocycles. The Bertz CT molecular complexity index is 3440. The maximum atomic E-state index is 12.7. The molecule has 3 aromatic rings. The molecule has 1 fully saturated rings. The number of benzene rings is 2. The summed E-state index contributed by atoms with van der Waals surface area (Å²) in [5, 5.41) is 16.4. The minimum atomic E-state index is -5.27. The lowest BCUT2D eigenvalue weighted by atomic mass is 9.81. The van der Waals surface area contributed by atoms with Gasteiger partial charge in [0.25, 0.3) is 0 Å². The van der Waals surface area contributed by atoms with E-state index in [1.807, 2.05) is 52.8 Å². The fourth-order valence-corrected chi connectivity index (χ4v) is 12.4. The van der Waals surface area contributed by atoms with Crippen LogP contribution in [0.5, 0.6) is 0 Å². The molecule has 88 heavy (non-hydrogen) atoms. The maximum Gasteiger partial charge on any atom is 0.470 e. The number of carbonyl (C=O) groups excluding carboxylic acids is 2. The molecular formula is C54H78N7O23P2S2-. The van der Waals surface area contributed by atoms with Crippen molar-refractivity contribution in [3.8, 4) is 0 Å². The number of phosphoric ester groups is 2. The Morgan fingerprint density at radius 1 is 0.795 bits per heavy atom. The quantitative estimate of drug-likeness (QED) is 0.0179. The number of aromatic nitrogens is 2. The number of rotatable bonds is 36. The fraction of sp³-hybridized carbons (Fsp3) is 0.574. The Morgan fingerprint density at radius 3 is 2.00 bits per heavy atom. The molecule has 2 amide bonds. The number of aliphatic hydroxyl groups is 1. The van der Waals surface area contributed by atoms with E-state index >= 15 is 0 Å². The minimum Gasteiger partial charge on any atom is -0.744 e. The summed E-state index contributed by atoms with van der Waals surface area (Å²) in [5.41, 5.74) is 8.53. The van der Waals surface area contributed by atoms with Crippen LogP contribution >= 0.6 is 15.6 Å². The van der Waals surface area contributed by atoms with Crippen molar-refractivity contribution in [3.63, 3.8) is 0 Å². The third-order valence-corrected chi connectivity index (χ3v) is 17.5. The molecular weight excluding hydrogens is 1240 g/mol. The number of nitrogens with zero attached hydrogens (tertiary/aromatic N) is 4. The smallest absolute Gasteiger partial charge is 0.470 e. The van der Waals surface area contributed by atoms with Crippen LogP contribution in [0.25, 0.3) is 0 Å². The molecule has 4 atom stereocenters. The molecule has 0 saturated carbocycles. The molecule has 4 heterocycles. The number of fused-ring (bicyclic) bond motifs is 2. The minimum absolute atomic E-state index is 0.0527. The molecule has 1 saturated heterocycles. The number of aliphatic hydroxyl groups excluding tert-OH is 1. The number of carbonyl (C=O) groups is 2. The fourth-order valence-electron chi connectivity index (χ4n) is 10.5. The van der Waals surface area contributed by atoms with Gasteiger partial charge in [-0.3, -0.25) is 23.2 Å². The highest BCUT2D eigenvalue weighted by atomic mass is 32.2. The molecule has 0 bridgehead atoms. The average molecular weight is 1320 g/mol. The van der Waals surface area contributed by atoms with Crippen molar-refractivity contribution >= 4 is 70.6 Å². The van der Waals surface area contributed by atoms with Gasteiger partial charge in [-0.15, -0.1) is 0 Å². The van der Waals surface area contributed by atoms with Crippen molar-refractivity contribution in [2.45, 2.75) is 125 Å². The zero-order valence-electron chi connectivity index (χ0n) is 49.4. The zero-order valence-corrected chi connectivity index (χ0v) is 52.8. The van der Waals surface area contributed by atoms with E-state index in [1.165, 1.54) is 30.5 Å². The van der Waals surface area contributed by atoms with E-state index in [4.69, 9.17) is 39.2 Å². The van der Waals surface area contributed by atoms with E-state index < -0.39 is 83.5 Å². The first-order valence-corrected chi connectivity index (χ1v) is 34.1. The number of allylic oxidation sites excluding steroid dienone is 4. The van der Waals surface area contributed by atoms with Gasteiger partial charge in [0.2, 0.25) is 17.5 Å². The van der Waals surface area contributed by atoms with E-state index in [-0.39, 0.29) is 78.8 Å².